The van der Waals surface area contributed by atoms with Gasteiger partial charge in [0.2, 0.25) is 5.91 Å². The fourth-order valence-electron chi connectivity index (χ4n) is 3.38. The molecule has 5 heteroatoms. The number of hydrogen-bond donors (Lipinski definition) is 2. The molecule has 0 aliphatic carbocycles. The van der Waals surface area contributed by atoms with E-state index in [-0.39, 0.29) is 18.5 Å². The van der Waals surface area contributed by atoms with Crippen molar-refractivity contribution in [1.29, 1.82) is 0 Å². The molecular weight excluding hydrogens is 330 g/mol. The number of amides is 1. The Morgan fingerprint density at radius 2 is 1.96 bits per heavy atom. The van der Waals surface area contributed by atoms with Crippen molar-refractivity contribution in [2.24, 2.45) is 5.73 Å². The van der Waals surface area contributed by atoms with E-state index in [0.717, 1.165) is 19.5 Å². The first-order valence-electron chi connectivity index (χ1n) is 8.94. The molecule has 1 aliphatic rings. The Hall–Kier alpha value is -1.69. The third-order valence-electron chi connectivity index (χ3n) is 4.94. The largest absolute Gasteiger partial charge is 0.353 e. The maximum atomic E-state index is 11.7. The summed E-state index contributed by atoms with van der Waals surface area (Å²) < 4.78 is 0. The van der Waals surface area contributed by atoms with Crippen molar-refractivity contribution < 1.29 is 4.79 Å². The van der Waals surface area contributed by atoms with Crippen LogP contribution < -0.4 is 11.1 Å². The van der Waals surface area contributed by atoms with Crippen LogP contribution in [0.25, 0.3) is 0 Å². The average Bonchev–Trinajstić information content (AvgIpc) is 3.10. The van der Waals surface area contributed by atoms with Crippen LogP contribution in [0.1, 0.15) is 47.4 Å². The molecule has 1 aliphatic heterocycles. The number of nitrogens with one attached hydrogen (secondary N) is 1. The van der Waals surface area contributed by atoms with Crippen LogP contribution in [0.5, 0.6) is 0 Å². The second-order valence-corrected chi connectivity index (χ2v) is 7.94. The van der Waals surface area contributed by atoms with Crippen molar-refractivity contribution in [3.63, 3.8) is 0 Å². The molecule has 0 saturated heterocycles. The number of rotatable bonds is 6. The van der Waals surface area contributed by atoms with Gasteiger partial charge in [0.1, 0.15) is 0 Å². The van der Waals surface area contributed by atoms with E-state index in [2.05, 4.69) is 59.8 Å². The summed E-state index contributed by atoms with van der Waals surface area (Å²) in [6.07, 6.45) is 1.08. The van der Waals surface area contributed by atoms with E-state index in [4.69, 9.17) is 5.73 Å². The van der Waals surface area contributed by atoms with Gasteiger partial charge >= 0.3 is 0 Å². The monoisotopic (exact) mass is 357 g/mol. The first kappa shape index (κ1) is 18.1. The van der Waals surface area contributed by atoms with Crippen LogP contribution in [0.4, 0.5) is 0 Å². The Bertz CT molecular complexity index is 708. The zero-order chi connectivity index (χ0) is 17.8. The predicted octanol–water partition coefficient (Wildman–Crippen LogP) is 3.05. The van der Waals surface area contributed by atoms with E-state index in [0.29, 0.717) is 12.5 Å². The molecule has 2 aromatic rings. The van der Waals surface area contributed by atoms with Crippen LogP contribution in [-0.2, 0) is 17.8 Å². The molecule has 3 N–H and O–H groups in total. The number of carbonyl (C=O) groups excluding carboxylic acids is 1. The molecule has 25 heavy (non-hydrogen) atoms. The molecule has 1 aromatic heterocycles. The van der Waals surface area contributed by atoms with E-state index >= 15 is 0 Å². The van der Waals surface area contributed by atoms with E-state index in [1.165, 1.54) is 21.6 Å². The lowest BCUT2D eigenvalue weighted by Crippen LogP contribution is -2.41. The van der Waals surface area contributed by atoms with Gasteiger partial charge in [-0.2, -0.15) is 0 Å². The molecule has 4 nitrogen and oxygen atoms in total. The first-order chi connectivity index (χ1) is 12.1. The number of nitrogens with zero attached hydrogens (tertiary/aromatic N) is 1. The lowest BCUT2D eigenvalue weighted by molar-refractivity contribution is -0.120. The summed E-state index contributed by atoms with van der Waals surface area (Å²) >= 11 is 1.85. The van der Waals surface area contributed by atoms with Gasteiger partial charge in [0.05, 0.1) is 12.6 Å². The highest BCUT2D eigenvalue weighted by atomic mass is 32.1. The zero-order valence-corrected chi connectivity index (χ0v) is 15.8. The van der Waals surface area contributed by atoms with Gasteiger partial charge in [0.15, 0.2) is 0 Å². The summed E-state index contributed by atoms with van der Waals surface area (Å²) in [7, 11) is 0. The summed E-state index contributed by atoms with van der Waals surface area (Å²) in [5.74, 6) is 0.421. The molecule has 0 radical (unpaired) electrons. The third-order valence-corrected chi connectivity index (χ3v) is 5.97. The number of benzene rings is 1. The van der Waals surface area contributed by atoms with Crippen LogP contribution in [0.15, 0.2) is 35.7 Å². The molecule has 0 fully saturated rings. The van der Waals surface area contributed by atoms with E-state index in [1.807, 2.05) is 11.3 Å². The number of carbonyl (C=O) groups is 1. The molecule has 1 aromatic carbocycles. The van der Waals surface area contributed by atoms with E-state index < -0.39 is 0 Å². The van der Waals surface area contributed by atoms with Gasteiger partial charge < -0.3 is 11.1 Å². The van der Waals surface area contributed by atoms with Crippen LogP contribution in [-0.4, -0.2) is 30.4 Å². The van der Waals surface area contributed by atoms with Crippen LogP contribution in [0.3, 0.4) is 0 Å². The molecule has 2 heterocycles. The third kappa shape index (κ3) is 4.29. The molecule has 0 spiro atoms. The van der Waals surface area contributed by atoms with Crippen LogP contribution in [0.2, 0.25) is 0 Å². The van der Waals surface area contributed by atoms with Crippen molar-refractivity contribution in [3.05, 3.63) is 57.3 Å². The van der Waals surface area contributed by atoms with Crippen molar-refractivity contribution in [2.45, 2.75) is 38.8 Å². The summed E-state index contributed by atoms with van der Waals surface area (Å²) in [6, 6.07) is 11.2. The Kier molecular flexibility index (Phi) is 5.89. The highest BCUT2D eigenvalue weighted by Gasteiger charge is 2.25. The molecular formula is C20H27N3OS. The fraction of sp³-hybridized carbons (Fsp3) is 0.450. The zero-order valence-electron chi connectivity index (χ0n) is 15.0. The van der Waals surface area contributed by atoms with E-state index in [1.54, 1.807) is 0 Å². The SMILES string of the molecule is CC(C)c1ccc(C(CNC(=O)CN)N2CCc3sccc3C2)cc1. The lowest BCUT2D eigenvalue weighted by atomic mass is 9.97. The Morgan fingerprint density at radius 3 is 2.64 bits per heavy atom. The Balaban J connectivity index is 1.80. The van der Waals surface area contributed by atoms with Gasteiger partial charge in [-0.05, 0) is 40.5 Å². The van der Waals surface area contributed by atoms with E-state index in [9.17, 15) is 4.79 Å². The van der Waals surface area contributed by atoms with Crippen molar-refractivity contribution >= 4 is 17.2 Å². The van der Waals surface area contributed by atoms with Crippen molar-refractivity contribution in [1.82, 2.24) is 10.2 Å². The van der Waals surface area contributed by atoms with Crippen molar-refractivity contribution in [3.8, 4) is 0 Å². The van der Waals surface area contributed by atoms with Gasteiger partial charge in [-0.1, -0.05) is 38.1 Å². The molecule has 1 amide bonds. The summed E-state index contributed by atoms with van der Waals surface area (Å²) in [5.41, 5.74) is 9.47. The minimum atomic E-state index is -0.1000. The predicted molar refractivity (Wildman–Crippen MR) is 104 cm³/mol. The summed E-state index contributed by atoms with van der Waals surface area (Å²) in [4.78, 5) is 15.6. The maximum Gasteiger partial charge on any atom is 0.233 e. The topological polar surface area (TPSA) is 58.4 Å². The highest BCUT2D eigenvalue weighted by molar-refractivity contribution is 7.10. The number of fused-ring (bicyclic) bond motifs is 1. The lowest BCUT2D eigenvalue weighted by Gasteiger charge is -2.35. The van der Waals surface area contributed by atoms with Gasteiger partial charge in [0.25, 0.3) is 0 Å². The highest BCUT2D eigenvalue weighted by Crippen LogP contribution is 2.30. The smallest absolute Gasteiger partial charge is 0.233 e. The van der Waals surface area contributed by atoms with Crippen molar-refractivity contribution in [2.75, 3.05) is 19.6 Å². The van der Waals surface area contributed by atoms with Gasteiger partial charge in [-0.25, -0.2) is 0 Å². The molecule has 1 atom stereocenters. The quantitative estimate of drug-likeness (QED) is 0.835. The second kappa shape index (κ2) is 8.13. The number of thiophene rings is 1. The fourth-order valence-corrected chi connectivity index (χ4v) is 4.27. The molecule has 0 bridgehead atoms. The average molecular weight is 358 g/mol. The minimum Gasteiger partial charge on any atom is -0.353 e. The molecule has 3 rings (SSSR count). The standard InChI is InChI=1S/C20H27N3OS/c1-14(2)15-3-5-16(6-4-15)18(12-22-20(24)11-21)23-9-7-19-17(13-23)8-10-25-19/h3-6,8,10,14,18H,7,9,11-13,21H2,1-2H3,(H,22,24). The minimum absolute atomic E-state index is 0.0354. The number of hydrogen-bond acceptors (Lipinski definition) is 4. The van der Waals surface area contributed by atoms with Gasteiger partial charge in [-0.3, -0.25) is 9.69 Å². The van der Waals surface area contributed by atoms with Gasteiger partial charge in [0, 0.05) is 24.5 Å². The van der Waals surface area contributed by atoms with Gasteiger partial charge in [-0.15, -0.1) is 11.3 Å². The van der Waals surface area contributed by atoms with Crippen LogP contribution >= 0.6 is 11.3 Å². The second-order valence-electron chi connectivity index (χ2n) is 6.93. The number of nitrogens with two attached hydrogens (primary N) is 1. The normalized spacial score (nSPS) is 15.8. The maximum absolute atomic E-state index is 11.7. The Labute approximate surface area is 154 Å². The first-order valence-corrected chi connectivity index (χ1v) is 9.82. The molecule has 0 saturated carbocycles. The molecule has 1 unspecified atom stereocenters. The Morgan fingerprint density at radius 1 is 1.24 bits per heavy atom. The summed E-state index contributed by atoms with van der Waals surface area (Å²) in [6.45, 7) is 6.99. The summed E-state index contributed by atoms with van der Waals surface area (Å²) in [5, 5.41) is 5.16. The van der Waals surface area contributed by atoms with Crippen LogP contribution in [0, 0.1) is 0 Å². The molecule has 134 valence electrons.